The molecule has 0 aromatic carbocycles. The lowest BCUT2D eigenvalue weighted by atomic mass is 9.90. The summed E-state index contributed by atoms with van der Waals surface area (Å²) in [5, 5.41) is 0. The molecule has 1 fully saturated rings. The van der Waals surface area contributed by atoms with E-state index in [0.29, 0.717) is 13.1 Å². The predicted molar refractivity (Wildman–Crippen MR) is 52.2 cm³/mol. The van der Waals surface area contributed by atoms with E-state index >= 15 is 0 Å². The number of hydrogen-bond acceptors (Lipinski definition) is 2. The minimum atomic E-state index is -4.66. The van der Waals surface area contributed by atoms with Gasteiger partial charge in [0, 0.05) is 25.7 Å². The monoisotopic (exact) mass is 209 g/mol. The van der Waals surface area contributed by atoms with Gasteiger partial charge in [-0.1, -0.05) is 6.92 Å². The van der Waals surface area contributed by atoms with Crippen molar-refractivity contribution in [3.8, 4) is 0 Å². The van der Waals surface area contributed by atoms with Gasteiger partial charge in [-0.15, -0.1) is 0 Å². The molecule has 0 bridgehead atoms. The van der Waals surface area contributed by atoms with Crippen LogP contribution in [0.5, 0.6) is 0 Å². The highest BCUT2D eigenvalue weighted by atomic mass is 19.4. The van der Waals surface area contributed by atoms with E-state index in [4.69, 9.17) is 0 Å². The molecule has 1 atom stereocenters. The molecule has 0 aliphatic carbocycles. The van der Waals surface area contributed by atoms with Gasteiger partial charge in [-0.2, -0.15) is 0 Å². The molecule has 1 unspecified atom stereocenters. The summed E-state index contributed by atoms with van der Waals surface area (Å²) < 4.78 is 36.5. The van der Waals surface area contributed by atoms with Gasteiger partial charge in [0.1, 0.15) is 0 Å². The van der Waals surface area contributed by atoms with Crippen molar-refractivity contribution in [2.75, 3.05) is 33.1 Å². The molecular weight excluding hydrogens is 192 g/mol. The Kier molecular flexibility index (Phi) is 3.83. The number of piperazine rings is 1. The Morgan fingerprint density at radius 3 is 2.43 bits per heavy atom. The van der Waals surface area contributed by atoms with Gasteiger partial charge >= 0.3 is 6.98 Å². The van der Waals surface area contributed by atoms with E-state index in [9.17, 15) is 12.9 Å². The summed E-state index contributed by atoms with van der Waals surface area (Å²) in [7, 11) is 1.98. The Labute approximate surface area is 83.1 Å². The van der Waals surface area contributed by atoms with Crippen molar-refractivity contribution in [2.24, 2.45) is 0 Å². The second-order valence-corrected chi connectivity index (χ2v) is 4.01. The zero-order chi connectivity index (χ0) is 10.8. The van der Waals surface area contributed by atoms with Crippen LogP contribution in [0.2, 0.25) is 0 Å². The molecule has 0 N–H and O–H groups in total. The van der Waals surface area contributed by atoms with Crippen LogP contribution in [0.4, 0.5) is 12.9 Å². The summed E-state index contributed by atoms with van der Waals surface area (Å²) in [6.07, 6.45) is 0.211. The molecule has 1 saturated heterocycles. The van der Waals surface area contributed by atoms with E-state index in [1.165, 1.54) is 4.90 Å². The second-order valence-electron chi connectivity index (χ2n) is 4.01. The minimum Gasteiger partial charge on any atom is -0.448 e. The summed E-state index contributed by atoms with van der Waals surface area (Å²) in [6, 6.07) is 0.280. The fraction of sp³-hybridized carbons (Fsp3) is 1.00. The first-order valence-corrected chi connectivity index (χ1v) is 5.06. The van der Waals surface area contributed by atoms with Gasteiger partial charge in [0.15, 0.2) is 0 Å². The number of hydrogen-bond donors (Lipinski definition) is 0. The van der Waals surface area contributed by atoms with Crippen LogP contribution in [-0.2, 0) is 0 Å². The van der Waals surface area contributed by atoms with Gasteiger partial charge < -0.3 is 22.7 Å². The largest absolute Gasteiger partial charge is 0.492 e. The fourth-order valence-electron chi connectivity index (χ4n) is 1.91. The lowest BCUT2D eigenvalue weighted by molar-refractivity contribution is 0.0992. The average Bonchev–Trinajstić information content (AvgIpc) is 2.06. The molecule has 0 saturated carbocycles. The number of halogens is 3. The third-order valence-corrected chi connectivity index (χ3v) is 2.80. The summed E-state index contributed by atoms with van der Waals surface area (Å²) in [4.78, 5) is 3.66. The van der Waals surface area contributed by atoms with E-state index < -0.39 is 13.4 Å². The van der Waals surface area contributed by atoms with Crippen molar-refractivity contribution in [1.29, 1.82) is 0 Å². The minimum absolute atomic E-state index is 0.280. The lowest BCUT2D eigenvalue weighted by Gasteiger charge is -2.41. The van der Waals surface area contributed by atoms with Crippen molar-refractivity contribution >= 4 is 6.98 Å². The van der Waals surface area contributed by atoms with E-state index in [1.54, 1.807) is 0 Å². The van der Waals surface area contributed by atoms with E-state index in [-0.39, 0.29) is 6.04 Å². The van der Waals surface area contributed by atoms with Gasteiger partial charge in [-0.25, -0.2) is 0 Å². The maximum absolute atomic E-state index is 12.2. The van der Waals surface area contributed by atoms with E-state index in [1.807, 2.05) is 14.0 Å². The van der Waals surface area contributed by atoms with E-state index in [2.05, 4.69) is 4.90 Å². The maximum Gasteiger partial charge on any atom is 0.492 e. The van der Waals surface area contributed by atoms with Crippen LogP contribution in [0, 0.1) is 0 Å². The Morgan fingerprint density at radius 2 is 1.93 bits per heavy atom. The quantitative estimate of drug-likeness (QED) is 0.648. The fourth-order valence-corrected chi connectivity index (χ4v) is 1.91. The van der Waals surface area contributed by atoms with Gasteiger partial charge in [0.05, 0.1) is 0 Å². The molecule has 1 aliphatic heterocycles. The van der Waals surface area contributed by atoms with Crippen LogP contribution < -0.4 is 0 Å². The van der Waals surface area contributed by atoms with Crippen molar-refractivity contribution in [2.45, 2.75) is 19.4 Å². The highest BCUT2D eigenvalue weighted by Gasteiger charge is 2.30. The molecule has 1 heterocycles. The van der Waals surface area contributed by atoms with Gasteiger partial charge in [-0.3, -0.25) is 0 Å². The molecule has 1 rings (SSSR count). The van der Waals surface area contributed by atoms with Crippen molar-refractivity contribution < 1.29 is 12.9 Å². The molecule has 0 amide bonds. The molecule has 6 heteroatoms. The normalized spacial score (nSPS) is 26.8. The van der Waals surface area contributed by atoms with Crippen LogP contribution in [0.15, 0.2) is 0 Å². The molecular formula is C8H17BF3N2-. The highest BCUT2D eigenvalue weighted by molar-refractivity contribution is 6.58. The lowest BCUT2D eigenvalue weighted by Crippen LogP contribution is -2.54. The number of likely N-dealkylation sites (N-methyl/N-ethyl adjacent to an activating group) is 1. The SMILES string of the molecule is CCC1CN(C[B-](F)(F)F)CCN1C. The third kappa shape index (κ3) is 3.50. The Bertz CT molecular complexity index is 186. The zero-order valence-electron chi connectivity index (χ0n) is 8.72. The van der Waals surface area contributed by atoms with Crippen molar-refractivity contribution in [1.82, 2.24) is 9.80 Å². The first kappa shape index (κ1) is 11.8. The first-order chi connectivity index (χ1) is 6.42. The summed E-state index contributed by atoms with van der Waals surface area (Å²) in [6.45, 7) is -0.821. The first-order valence-electron chi connectivity index (χ1n) is 5.06. The number of nitrogens with zero attached hydrogens (tertiary/aromatic N) is 2. The zero-order valence-corrected chi connectivity index (χ0v) is 8.72. The van der Waals surface area contributed by atoms with Crippen LogP contribution in [0.3, 0.4) is 0 Å². The molecule has 0 spiro atoms. The summed E-state index contributed by atoms with van der Waals surface area (Å²) >= 11 is 0. The van der Waals surface area contributed by atoms with E-state index in [0.717, 1.165) is 13.0 Å². The standard InChI is InChI=1S/C8H17BF3N2/c1-3-8-6-14(5-4-13(8)2)7-9(10,11)12/h8H,3-7H2,1-2H3/q-1. The second kappa shape index (κ2) is 4.53. The smallest absolute Gasteiger partial charge is 0.448 e. The predicted octanol–water partition coefficient (Wildman–Crippen LogP) is 1.40. The molecule has 1 aliphatic rings. The average molecular weight is 209 g/mol. The Morgan fingerprint density at radius 1 is 1.29 bits per heavy atom. The molecule has 0 aromatic heterocycles. The molecule has 84 valence electrons. The highest BCUT2D eigenvalue weighted by Crippen LogP contribution is 2.15. The van der Waals surface area contributed by atoms with Crippen molar-refractivity contribution in [3.63, 3.8) is 0 Å². The Balaban J connectivity index is 2.43. The molecule has 2 nitrogen and oxygen atoms in total. The maximum atomic E-state index is 12.2. The van der Waals surface area contributed by atoms with Gasteiger partial charge in [-0.05, 0) is 19.9 Å². The van der Waals surface area contributed by atoms with Crippen LogP contribution >= 0.6 is 0 Å². The molecule has 0 radical (unpaired) electrons. The molecule has 14 heavy (non-hydrogen) atoms. The van der Waals surface area contributed by atoms with Gasteiger partial charge in [0.2, 0.25) is 0 Å². The topological polar surface area (TPSA) is 6.48 Å². The van der Waals surface area contributed by atoms with Crippen molar-refractivity contribution in [3.05, 3.63) is 0 Å². The van der Waals surface area contributed by atoms with Crippen LogP contribution in [0.1, 0.15) is 13.3 Å². The summed E-state index contributed by atoms with van der Waals surface area (Å²) in [5.74, 6) is 0. The Hall–Kier alpha value is -0.225. The molecule has 0 aromatic rings. The van der Waals surface area contributed by atoms with Gasteiger partial charge in [0.25, 0.3) is 0 Å². The van der Waals surface area contributed by atoms with Crippen LogP contribution in [-0.4, -0.2) is 55.9 Å². The number of rotatable bonds is 3. The summed E-state index contributed by atoms with van der Waals surface area (Å²) in [5.41, 5.74) is 0. The third-order valence-electron chi connectivity index (χ3n) is 2.80. The van der Waals surface area contributed by atoms with Crippen LogP contribution in [0.25, 0.3) is 0 Å².